The van der Waals surface area contributed by atoms with Crippen LogP contribution >= 0.6 is 27.3 Å². The minimum Gasteiger partial charge on any atom is -0.381 e. The summed E-state index contributed by atoms with van der Waals surface area (Å²) < 4.78 is 6.75. The first-order valence-corrected chi connectivity index (χ1v) is 7.37. The summed E-state index contributed by atoms with van der Waals surface area (Å²) in [6.07, 6.45) is 3.49. The predicted molar refractivity (Wildman–Crippen MR) is 72.1 cm³/mol. The summed E-state index contributed by atoms with van der Waals surface area (Å²) in [5.74, 6) is 0. The molecular formula is C12H18BrNOS. The van der Waals surface area contributed by atoms with Gasteiger partial charge in [0.05, 0.1) is 0 Å². The molecule has 0 saturated carbocycles. The van der Waals surface area contributed by atoms with Crippen molar-refractivity contribution < 1.29 is 4.74 Å². The molecule has 1 aliphatic heterocycles. The minimum atomic E-state index is 0.389. The van der Waals surface area contributed by atoms with Gasteiger partial charge in [0.1, 0.15) is 0 Å². The average Bonchev–Trinajstić information content (AvgIpc) is 2.66. The first-order valence-electron chi connectivity index (χ1n) is 5.70. The van der Waals surface area contributed by atoms with Gasteiger partial charge >= 0.3 is 0 Å². The van der Waals surface area contributed by atoms with Crippen LogP contribution < -0.4 is 5.32 Å². The van der Waals surface area contributed by atoms with Crippen molar-refractivity contribution in [3.05, 3.63) is 20.8 Å². The van der Waals surface area contributed by atoms with Crippen LogP contribution in [0.3, 0.4) is 0 Å². The van der Waals surface area contributed by atoms with Crippen molar-refractivity contribution in [2.24, 2.45) is 5.41 Å². The first-order chi connectivity index (χ1) is 7.76. The van der Waals surface area contributed by atoms with Gasteiger partial charge in [-0.3, -0.25) is 0 Å². The van der Waals surface area contributed by atoms with Crippen LogP contribution in [0.1, 0.15) is 17.7 Å². The van der Waals surface area contributed by atoms with Crippen LogP contribution in [0.2, 0.25) is 0 Å². The average molecular weight is 304 g/mol. The molecule has 4 heteroatoms. The molecule has 90 valence electrons. The van der Waals surface area contributed by atoms with Crippen molar-refractivity contribution in [2.75, 3.05) is 26.8 Å². The molecule has 0 spiro atoms. The highest BCUT2D eigenvalue weighted by atomic mass is 79.9. The Labute approximate surface area is 110 Å². The van der Waals surface area contributed by atoms with E-state index in [9.17, 15) is 0 Å². The molecule has 2 rings (SSSR count). The first kappa shape index (κ1) is 12.6. The number of hydrogen-bond acceptors (Lipinski definition) is 3. The predicted octanol–water partition coefficient (Wildman–Crippen LogP) is 3.07. The minimum absolute atomic E-state index is 0.389. The summed E-state index contributed by atoms with van der Waals surface area (Å²) in [7, 11) is 2.04. The summed E-state index contributed by atoms with van der Waals surface area (Å²) in [5, 5.41) is 5.50. The lowest BCUT2D eigenvalue weighted by atomic mass is 9.77. The number of rotatable bonds is 4. The summed E-state index contributed by atoms with van der Waals surface area (Å²) in [6.45, 7) is 2.90. The third kappa shape index (κ3) is 2.86. The molecule has 16 heavy (non-hydrogen) atoms. The second kappa shape index (κ2) is 5.63. The molecular weight excluding hydrogens is 286 g/mol. The van der Waals surface area contributed by atoms with Crippen LogP contribution in [-0.4, -0.2) is 26.8 Å². The Morgan fingerprint density at radius 2 is 2.25 bits per heavy atom. The van der Waals surface area contributed by atoms with Gasteiger partial charge in [-0.2, -0.15) is 0 Å². The van der Waals surface area contributed by atoms with E-state index in [4.69, 9.17) is 4.74 Å². The Kier molecular flexibility index (Phi) is 4.41. The van der Waals surface area contributed by atoms with E-state index in [-0.39, 0.29) is 0 Å². The van der Waals surface area contributed by atoms with E-state index < -0.39 is 0 Å². The zero-order valence-electron chi connectivity index (χ0n) is 9.59. The van der Waals surface area contributed by atoms with Crippen molar-refractivity contribution in [1.29, 1.82) is 0 Å². The fourth-order valence-corrected chi connectivity index (χ4v) is 4.05. The number of nitrogens with one attached hydrogen (secondary N) is 1. The van der Waals surface area contributed by atoms with Crippen molar-refractivity contribution in [3.63, 3.8) is 0 Å². The SMILES string of the molecule is CNCC1(Cc2sccc2Br)CCOCC1. The number of halogens is 1. The molecule has 1 fully saturated rings. The summed E-state index contributed by atoms with van der Waals surface area (Å²) in [6, 6.07) is 2.15. The Bertz CT molecular complexity index is 328. The van der Waals surface area contributed by atoms with Crippen LogP contribution in [0, 0.1) is 5.41 Å². The molecule has 0 bridgehead atoms. The zero-order valence-corrected chi connectivity index (χ0v) is 12.0. The van der Waals surface area contributed by atoms with Gasteiger partial charge in [-0.15, -0.1) is 11.3 Å². The highest BCUT2D eigenvalue weighted by Gasteiger charge is 2.32. The Morgan fingerprint density at radius 1 is 1.50 bits per heavy atom. The summed E-state index contributed by atoms with van der Waals surface area (Å²) in [4.78, 5) is 1.47. The fraction of sp³-hybridized carbons (Fsp3) is 0.667. The fourth-order valence-electron chi connectivity index (χ4n) is 2.39. The maximum atomic E-state index is 5.48. The van der Waals surface area contributed by atoms with Crippen LogP contribution in [0.5, 0.6) is 0 Å². The maximum Gasteiger partial charge on any atom is 0.0471 e. The van der Waals surface area contributed by atoms with E-state index in [2.05, 4.69) is 32.7 Å². The van der Waals surface area contributed by atoms with Crippen LogP contribution in [-0.2, 0) is 11.2 Å². The Balaban J connectivity index is 2.10. The summed E-state index contributed by atoms with van der Waals surface area (Å²) >= 11 is 5.48. The normalized spacial score (nSPS) is 19.9. The van der Waals surface area contributed by atoms with Gasteiger partial charge in [0.25, 0.3) is 0 Å². The third-order valence-electron chi connectivity index (χ3n) is 3.33. The van der Waals surface area contributed by atoms with E-state index in [1.54, 1.807) is 0 Å². The summed E-state index contributed by atoms with van der Waals surface area (Å²) in [5.41, 5.74) is 0.389. The van der Waals surface area contributed by atoms with E-state index in [1.807, 2.05) is 18.4 Å². The zero-order chi connectivity index (χ0) is 11.4. The molecule has 2 heterocycles. The smallest absolute Gasteiger partial charge is 0.0471 e. The molecule has 0 radical (unpaired) electrons. The highest BCUT2D eigenvalue weighted by Crippen LogP contribution is 2.37. The topological polar surface area (TPSA) is 21.3 Å². The molecule has 0 aliphatic carbocycles. The van der Waals surface area contributed by atoms with Crippen molar-refractivity contribution in [3.8, 4) is 0 Å². The van der Waals surface area contributed by atoms with E-state index in [0.717, 1.165) is 39.0 Å². The number of hydrogen-bond donors (Lipinski definition) is 1. The maximum absolute atomic E-state index is 5.48. The monoisotopic (exact) mass is 303 g/mol. The van der Waals surface area contributed by atoms with E-state index >= 15 is 0 Å². The molecule has 0 amide bonds. The Morgan fingerprint density at radius 3 is 2.81 bits per heavy atom. The van der Waals surface area contributed by atoms with Gasteiger partial charge in [-0.05, 0) is 59.1 Å². The quantitative estimate of drug-likeness (QED) is 0.923. The van der Waals surface area contributed by atoms with Crippen molar-refractivity contribution >= 4 is 27.3 Å². The van der Waals surface area contributed by atoms with Gasteiger partial charge in [0.2, 0.25) is 0 Å². The second-order valence-corrected chi connectivity index (χ2v) is 6.37. The molecule has 1 N–H and O–H groups in total. The molecule has 1 aliphatic rings. The van der Waals surface area contributed by atoms with Gasteiger partial charge in [0.15, 0.2) is 0 Å². The molecule has 1 aromatic rings. The van der Waals surface area contributed by atoms with E-state index in [1.165, 1.54) is 9.35 Å². The highest BCUT2D eigenvalue weighted by molar-refractivity contribution is 9.10. The van der Waals surface area contributed by atoms with Crippen molar-refractivity contribution in [2.45, 2.75) is 19.3 Å². The number of thiophene rings is 1. The Hall–Kier alpha value is 0.1000. The third-order valence-corrected chi connectivity index (χ3v) is 5.26. The molecule has 1 aromatic heterocycles. The molecule has 2 nitrogen and oxygen atoms in total. The van der Waals surface area contributed by atoms with Crippen molar-refractivity contribution in [1.82, 2.24) is 5.32 Å². The largest absolute Gasteiger partial charge is 0.381 e. The lowest BCUT2D eigenvalue weighted by Gasteiger charge is -2.37. The van der Waals surface area contributed by atoms with Crippen LogP contribution in [0.25, 0.3) is 0 Å². The molecule has 0 unspecified atom stereocenters. The second-order valence-electron chi connectivity index (χ2n) is 4.51. The van der Waals surface area contributed by atoms with Gasteiger partial charge < -0.3 is 10.1 Å². The lowest BCUT2D eigenvalue weighted by molar-refractivity contribution is 0.0161. The molecule has 0 aromatic carbocycles. The van der Waals surface area contributed by atoms with Gasteiger partial charge in [-0.1, -0.05) is 0 Å². The van der Waals surface area contributed by atoms with Crippen LogP contribution in [0.15, 0.2) is 15.9 Å². The molecule has 1 saturated heterocycles. The van der Waals surface area contributed by atoms with E-state index in [0.29, 0.717) is 5.41 Å². The molecule has 0 atom stereocenters. The lowest BCUT2D eigenvalue weighted by Crippen LogP contribution is -2.39. The van der Waals surface area contributed by atoms with Gasteiger partial charge in [-0.25, -0.2) is 0 Å². The van der Waals surface area contributed by atoms with Gasteiger partial charge in [0, 0.05) is 29.1 Å². The standard InChI is InChI=1S/C12H18BrNOS/c1-14-9-12(3-5-15-6-4-12)8-11-10(13)2-7-16-11/h2,7,14H,3-6,8-9H2,1H3. The number of ether oxygens (including phenoxy) is 1. The van der Waals surface area contributed by atoms with Crippen LogP contribution in [0.4, 0.5) is 0 Å².